The molecule has 0 unspecified atom stereocenters. The first-order valence-corrected chi connectivity index (χ1v) is 8.08. The Morgan fingerprint density at radius 1 is 1.43 bits per heavy atom. The molecule has 2 aromatic heterocycles. The van der Waals surface area contributed by atoms with Crippen LogP contribution in [0.25, 0.3) is 0 Å². The molecule has 0 saturated heterocycles. The maximum atomic E-state index is 12.5. The minimum atomic E-state index is -3.59. The van der Waals surface area contributed by atoms with E-state index in [4.69, 9.17) is 0 Å². The van der Waals surface area contributed by atoms with Gasteiger partial charge in [-0.2, -0.15) is 4.31 Å². The molecule has 0 bridgehead atoms. The van der Waals surface area contributed by atoms with Gasteiger partial charge in [-0.25, -0.2) is 8.42 Å². The van der Waals surface area contributed by atoms with Gasteiger partial charge in [0.2, 0.25) is 10.0 Å². The summed E-state index contributed by atoms with van der Waals surface area (Å²) in [6.07, 6.45) is 4.84. The number of rotatable bonds is 6. The molecular formula is C14H19N3O3S. The number of aliphatic hydroxyl groups is 1. The van der Waals surface area contributed by atoms with E-state index in [1.807, 2.05) is 13.0 Å². The van der Waals surface area contributed by atoms with Crippen LogP contribution in [-0.4, -0.2) is 34.4 Å². The molecule has 114 valence electrons. The molecule has 0 radical (unpaired) electrons. The van der Waals surface area contributed by atoms with Crippen LogP contribution in [0.1, 0.15) is 18.2 Å². The molecule has 0 spiro atoms. The van der Waals surface area contributed by atoms with Crippen molar-refractivity contribution in [1.82, 2.24) is 13.9 Å². The fourth-order valence-electron chi connectivity index (χ4n) is 2.11. The Hall–Kier alpha value is -1.70. The maximum absolute atomic E-state index is 12.5. The van der Waals surface area contributed by atoms with Gasteiger partial charge in [0, 0.05) is 44.4 Å². The largest absolute Gasteiger partial charge is 0.390 e. The molecule has 0 aliphatic carbocycles. The lowest BCUT2D eigenvalue weighted by Gasteiger charge is -2.16. The van der Waals surface area contributed by atoms with Gasteiger partial charge in [0.25, 0.3) is 0 Å². The van der Waals surface area contributed by atoms with Gasteiger partial charge in [-0.3, -0.25) is 4.98 Å². The van der Waals surface area contributed by atoms with Gasteiger partial charge in [-0.15, -0.1) is 0 Å². The van der Waals surface area contributed by atoms with Crippen LogP contribution in [0.15, 0.2) is 41.7 Å². The Labute approximate surface area is 124 Å². The summed E-state index contributed by atoms with van der Waals surface area (Å²) >= 11 is 0. The van der Waals surface area contributed by atoms with Crippen LogP contribution in [0.3, 0.4) is 0 Å². The zero-order valence-corrected chi connectivity index (χ0v) is 12.9. The highest BCUT2D eigenvalue weighted by Gasteiger charge is 2.23. The van der Waals surface area contributed by atoms with Crippen molar-refractivity contribution in [3.63, 3.8) is 0 Å². The highest BCUT2D eigenvalue weighted by atomic mass is 32.2. The van der Waals surface area contributed by atoms with Crippen molar-refractivity contribution in [3.05, 3.63) is 48.0 Å². The molecule has 0 aliphatic rings. The number of aliphatic hydroxyl groups excluding tert-OH is 1. The second-order valence-electron chi connectivity index (χ2n) is 4.73. The number of hydrogen-bond acceptors (Lipinski definition) is 4. The first kappa shape index (κ1) is 15.7. The van der Waals surface area contributed by atoms with Gasteiger partial charge in [0.15, 0.2) is 0 Å². The summed E-state index contributed by atoms with van der Waals surface area (Å²) < 4.78 is 28.1. The van der Waals surface area contributed by atoms with Crippen molar-refractivity contribution >= 4 is 10.0 Å². The fraction of sp³-hybridized carbons (Fsp3) is 0.357. The molecule has 0 fully saturated rings. The Kier molecular flexibility index (Phi) is 4.76. The first-order chi connectivity index (χ1) is 9.98. The lowest BCUT2D eigenvalue weighted by molar-refractivity contribution is 0.271. The monoisotopic (exact) mass is 309 g/mol. The van der Waals surface area contributed by atoms with Crippen LogP contribution >= 0.6 is 0 Å². The average Bonchev–Trinajstić information content (AvgIpc) is 2.92. The van der Waals surface area contributed by atoms with Crippen molar-refractivity contribution in [2.24, 2.45) is 0 Å². The summed E-state index contributed by atoms with van der Waals surface area (Å²) in [6, 6.07) is 5.11. The van der Waals surface area contributed by atoms with Crippen LogP contribution in [0.4, 0.5) is 0 Å². The number of aromatic nitrogens is 2. The van der Waals surface area contributed by atoms with E-state index in [1.165, 1.54) is 17.4 Å². The minimum Gasteiger partial charge on any atom is -0.390 e. The third-order valence-electron chi connectivity index (χ3n) is 3.30. The van der Waals surface area contributed by atoms with Crippen LogP contribution in [0.5, 0.6) is 0 Å². The lowest BCUT2D eigenvalue weighted by Crippen LogP contribution is -2.26. The summed E-state index contributed by atoms with van der Waals surface area (Å²) in [5.74, 6) is 0. The SMILES string of the molecule is CCn1cc(S(=O)(=O)N(C)Cc2cccnc2)cc1CO. The predicted octanol–water partition coefficient (Wildman–Crippen LogP) is 1.22. The fourth-order valence-corrected chi connectivity index (χ4v) is 3.33. The van der Waals surface area contributed by atoms with Crippen molar-refractivity contribution < 1.29 is 13.5 Å². The van der Waals surface area contributed by atoms with E-state index in [0.717, 1.165) is 5.56 Å². The molecule has 2 heterocycles. The zero-order valence-electron chi connectivity index (χ0n) is 12.1. The molecule has 7 heteroatoms. The molecule has 0 amide bonds. The number of nitrogens with zero attached hydrogens (tertiary/aromatic N) is 3. The van der Waals surface area contributed by atoms with E-state index in [9.17, 15) is 13.5 Å². The molecular weight excluding hydrogens is 290 g/mol. The average molecular weight is 309 g/mol. The normalized spacial score (nSPS) is 12.0. The van der Waals surface area contributed by atoms with E-state index < -0.39 is 10.0 Å². The lowest BCUT2D eigenvalue weighted by atomic mass is 10.3. The smallest absolute Gasteiger partial charge is 0.244 e. The second-order valence-corrected chi connectivity index (χ2v) is 6.78. The van der Waals surface area contributed by atoms with E-state index in [-0.39, 0.29) is 18.0 Å². The molecule has 1 N–H and O–H groups in total. The van der Waals surface area contributed by atoms with Gasteiger partial charge in [-0.05, 0) is 24.6 Å². The third kappa shape index (κ3) is 3.31. The van der Waals surface area contributed by atoms with E-state index in [1.54, 1.807) is 29.2 Å². The first-order valence-electron chi connectivity index (χ1n) is 6.64. The molecule has 0 saturated carbocycles. The van der Waals surface area contributed by atoms with Crippen molar-refractivity contribution in [2.45, 2.75) is 31.5 Å². The number of hydrogen-bond donors (Lipinski definition) is 1. The van der Waals surface area contributed by atoms with Crippen LogP contribution in [-0.2, 0) is 29.7 Å². The summed E-state index contributed by atoms with van der Waals surface area (Å²) in [6.45, 7) is 2.57. The van der Waals surface area contributed by atoms with Gasteiger partial charge < -0.3 is 9.67 Å². The summed E-state index contributed by atoms with van der Waals surface area (Å²) in [4.78, 5) is 4.17. The van der Waals surface area contributed by atoms with Crippen LogP contribution in [0.2, 0.25) is 0 Å². The zero-order chi connectivity index (χ0) is 15.5. The van der Waals surface area contributed by atoms with Gasteiger partial charge in [-0.1, -0.05) is 6.07 Å². The number of pyridine rings is 1. The molecule has 0 atom stereocenters. The van der Waals surface area contributed by atoms with E-state index in [2.05, 4.69) is 4.98 Å². The summed E-state index contributed by atoms with van der Waals surface area (Å²) in [7, 11) is -2.05. The van der Waals surface area contributed by atoms with Crippen molar-refractivity contribution in [3.8, 4) is 0 Å². The Morgan fingerprint density at radius 3 is 2.71 bits per heavy atom. The quantitative estimate of drug-likeness (QED) is 0.870. The highest BCUT2D eigenvalue weighted by molar-refractivity contribution is 7.89. The van der Waals surface area contributed by atoms with Gasteiger partial charge in [0.05, 0.1) is 6.61 Å². The Morgan fingerprint density at radius 2 is 2.19 bits per heavy atom. The number of aryl methyl sites for hydroxylation is 1. The minimum absolute atomic E-state index is 0.185. The standard InChI is InChI=1S/C14H19N3O3S/c1-3-17-10-14(7-13(17)11-18)21(19,20)16(2)9-12-5-4-6-15-8-12/h4-8,10,18H,3,9,11H2,1-2H3. The second kappa shape index (κ2) is 6.38. The van der Waals surface area contributed by atoms with Crippen LogP contribution < -0.4 is 0 Å². The van der Waals surface area contributed by atoms with Crippen molar-refractivity contribution in [1.29, 1.82) is 0 Å². The molecule has 2 aromatic rings. The van der Waals surface area contributed by atoms with Crippen molar-refractivity contribution in [2.75, 3.05) is 7.05 Å². The van der Waals surface area contributed by atoms with Crippen LogP contribution in [0, 0.1) is 0 Å². The molecule has 6 nitrogen and oxygen atoms in total. The summed E-state index contributed by atoms with van der Waals surface area (Å²) in [5.41, 5.74) is 1.41. The number of sulfonamides is 1. The van der Waals surface area contributed by atoms with Gasteiger partial charge in [0.1, 0.15) is 4.90 Å². The molecule has 2 rings (SSSR count). The summed E-state index contributed by atoms with van der Waals surface area (Å²) in [5, 5.41) is 9.26. The maximum Gasteiger partial charge on any atom is 0.244 e. The topological polar surface area (TPSA) is 75.4 Å². The third-order valence-corrected chi connectivity index (χ3v) is 5.07. The highest BCUT2D eigenvalue weighted by Crippen LogP contribution is 2.19. The molecule has 21 heavy (non-hydrogen) atoms. The van der Waals surface area contributed by atoms with Gasteiger partial charge >= 0.3 is 0 Å². The molecule has 0 aliphatic heterocycles. The predicted molar refractivity (Wildman–Crippen MR) is 78.9 cm³/mol. The van der Waals surface area contributed by atoms with E-state index in [0.29, 0.717) is 12.2 Å². The Balaban J connectivity index is 2.26. The Bertz CT molecular complexity index is 674. The van der Waals surface area contributed by atoms with E-state index >= 15 is 0 Å². The molecule has 0 aromatic carbocycles.